The molecule has 1 atom stereocenters. The fourth-order valence-electron chi connectivity index (χ4n) is 3.79. The molecule has 0 spiro atoms. The normalized spacial score (nSPS) is 15.1. The van der Waals surface area contributed by atoms with E-state index in [0.29, 0.717) is 25.1 Å². The van der Waals surface area contributed by atoms with Crippen LogP contribution >= 0.6 is 0 Å². The van der Waals surface area contributed by atoms with Gasteiger partial charge >= 0.3 is 35.8 Å². The molecule has 0 radical (unpaired) electrons. The minimum absolute atomic E-state index is 0.102. The van der Waals surface area contributed by atoms with Gasteiger partial charge in [0.25, 0.3) is 0 Å². The van der Waals surface area contributed by atoms with Crippen LogP contribution in [0.1, 0.15) is 82.8 Å². The highest BCUT2D eigenvalue weighted by Crippen LogP contribution is 2.61. The number of aliphatic hydroxyl groups excluding tert-OH is 1. The number of hydrogen-bond donors (Lipinski definition) is 1. The van der Waals surface area contributed by atoms with E-state index in [1.807, 2.05) is 0 Å². The van der Waals surface area contributed by atoms with Crippen LogP contribution in [-0.4, -0.2) is 40.9 Å². The van der Waals surface area contributed by atoms with Gasteiger partial charge in [-0.1, -0.05) is 58.3 Å². The number of nitrogens with zero attached hydrogens (tertiary/aromatic N) is 1. The fraction of sp³-hybridized carbons (Fsp3) is 0.792. The molecule has 0 aliphatic heterocycles. The van der Waals surface area contributed by atoms with Crippen LogP contribution in [0.4, 0.5) is 57.1 Å². The molecular weight excluding hydrogens is 565 g/mol. The topological polar surface area (TPSA) is 24.1 Å². The first kappa shape index (κ1) is 35.2. The number of halogens is 13. The summed E-state index contributed by atoms with van der Waals surface area (Å²) >= 11 is 0. The zero-order valence-electron chi connectivity index (χ0n) is 21.0. The predicted octanol–water partition coefficient (Wildman–Crippen LogP) is 8.67. The van der Waals surface area contributed by atoms with Crippen molar-refractivity contribution in [3.8, 4) is 0 Å². The smallest absolute Gasteiger partial charge is 0.382 e. The third-order valence-electron chi connectivity index (χ3n) is 6.27. The summed E-state index contributed by atoms with van der Waals surface area (Å²) in [6, 6.07) is 1.48. The predicted molar refractivity (Wildman–Crippen MR) is 114 cm³/mol. The summed E-state index contributed by atoms with van der Waals surface area (Å²) in [6.07, 6.45) is -0.0225. The maximum Gasteiger partial charge on any atom is 0.460 e. The van der Waals surface area contributed by atoms with Crippen LogP contribution in [0, 0.1) is 0 Å². The molecule has 0 amide bonds. The van der Waals surface area contributed by atoms with Crippen LogP contribution < -0.4 is 4.57 Å². The molecule has 228 valence electrons. The van der Waals surface area contributed by atoms with E-state index in [4.69, 9.17) is 0 Å². The van der Waals surface area contributed by atoms with E-state index in [0.717, 1.165) is 62.0 Å². The molecule has 0 saturated carbocycles. The Balaban J connectivity index is 2.93. The molecule has 1 rings (SSSR count). The average molecular weight is 596 g/mol. The van der Waals surface area contributed by atoms with E-state index in [-0.39, 0.29) is 6.54 Å². The maximum absolute atomic E-state index is 14.3. The van der Waals surface area contributed by atoms with Crippen molar-refractivity contribution in [3.63, 3.8) is 0 Å². The number of aryl methyl sites for hydroxylation is 1. The van der Waals surface area contributed by atoms with E-state index in [9.17, 15) is 62.2 Å². The van der Waals surface area contributed by atoms with Gasteiger partial charge < -0.3 is 5.11 Å². The third kappa shape index (κ3) is 7.49. The number of pyridine rings is 1. The van der Waals surface area contributed by atoms with Crippen molar-refractivity contribution in [2.24, 2.45) is 0 Å². The molecule has 39 heavy (non-hydrogen) atoms. The fourth-order valence-corrected chi connectivity index (χ4v) is 3.79. The lowest BCUT2D eigenvalue weighted by Crippen LogP contribution is -2.70. The Hall–Kier alpha value is -1.80. The lowest BCUT2D eigenvalue weighted by molar-refractivity contribution is -0.698. The highest BCUT2D eigenvalue weighted by Gasteiger charge is 2.91. The van der Waals surface area contributed by atoms with Crippen LogP contribution in [0.2, 0.25) is 0 Å². The highest BCUT2D eigenvalue weighted by atomic mass is 19.4. The van der Waals surface area contributed by atoms with E-state index < -0.39 is 47.5 Å². The van der Waals surface area contributed by atoms with Crippen molar-refractivity contribution in [3.05, 3.63) is 30.1 Å². The molecule has 0 aliphatic carbocycles. The van der Waals surface area contributed by atoms with Gasteiger partial charge in [0.05, 0.1) is 5.56 Å². The van der Waals surface area contributed by atoms with Crippen molar-refractivity contribution >= 4 is 0 Å². The average Bonchev–Trinajstić information content (AvgIpc) is 2.83. The lowest BCUT2D eigenvalue weighted by Gasteiger charge is -2.40. The van der Waals surface area contributed by atoms with Crippen molar-refractivity contribution in [1.29, 1.82) is 0 Å². The summed E-state index contributed by atoms with van der Waals surface area (Å²) in [5.74, 6) is -37.9. The summed E-state index contributed by atoms with van der Waals surface area (Å²) in [4.78, 5) is 0. The summed E-state index contributed by atoms with van der Waals surface area (Å²) < 4.78 is 175. The lowest BCUT2D eigenvalue weighted by atomic mass is 9.89. The summed E-state index contributed by atoms with van der Waals surface area (Å²) in [5.41, 5.74) is -1.18. The molecule has 0 aromatic carbocycles. The molecule has 0 bridgehead atoms. The summed E-state index contributed by atoms with van der Waals surface area (Å²) in [7, 11) is 0. The first-order valence-electron chi connectivity index (χ1n) is 12.3. The van der Waals surface area contributed by atoms with Gasteiger partial charge in [0, 0.05) is 12.5 Å². The quantitative estimate of drug-likeness (QED) is 0.109. The molecule has 1 aromatic heterocycles. The van der Waals surface area contributed by atoms with Gasteiger partial charge in [-0.3, -0.25) is 0 Å². The molecule has 0 saturated heterocycles. The van der Waals surface area contributed by atoms with E-state index in [1.54, 1.807) is 0 Å². The second-order valence-electron chi connectivity index (χ2n) is 9.38. The second kappa shape index (κ2) is 13.2. The molecular formula is C24H31F13NO+. The second-order valence-corrected chi connectivity index (χ2v) is 9.38. The van der Waals surface area contributed by atoms with Crippen LogP contribution in [0.3, 0.4) is 0 Å². The molecule has 1 heterocycles. The third-order valence-corrected chi connectivity index (χ3v) is 6.27. The van der Waals surface area contributed by atoms with E-state index in [2.05, 4.69) is 6.92 Å². The van der Waals surface area contributed by atoms with Crippen molar-refractivity contribution in [2.75, 3.05) is 0 Å². The number of alkyl halides is 13. The molecule has 15 heteroatoms. The highest BCUT2D eigenvalue weighted by molar-refractivity contribution is 5.18. The van der Waals surface area contributed by atoms with Crippen LogP contribution in [0.5, 0.6) is 0 Å². The summed E-state index contributed by atoms with van der Waals surface area (Å²) in [5, 5.41) is 9.71. The largest absolute Gasteiger partial charge is 0.460 e. The first-order valence-corrected chi connectivity index (χ1v) is 12.3. The monoisotopic (exact) mass is 596 g/mol. The number of aromatic nitrogens is 1. The minimum atomic E-state index is -8.00. The van der Waals surface area contributed by atoms with Gasteiger partial charge in [-0.05, 0) is 12.5 Å². The Kier molecular flexibility index (Phi) is 12.0. The maximum atomic E-state index is 14.3. The molecule has 2 nitrogen and oxygen atoms in total. The van der Waals surface area contributed by atoms with Gasteiger partial charge in [-0.2, -0.15) is 57.1 Å². The number of rotatable bonds is 17. The molecule has 0 fully saturated rings. The van der Waals surface area contributed by atoms with E-state index in [1.165, 1.54) is 6.20 Å². The van der Waals surface area contributed by atoms with Gasteiger partial charge in [-0.25, -0.2) is 4.57 Å². The van der Waals surface area contributed by atoms with Crippen LogP contribution in [0.15, 0.2) is 24.5 Å². The minimum Gasteiger partial charge on any atom is -0.382 e. The SMILES string of the molecule is CCCCCCCCCCCC[n+]1cccc(C(O)C(F)(F)C(F)(F)C(F)(F)C(F)(F)C(F)(F)C(F)(F)F)c1. The van der Waals surface area contributed by atoms with Crippen molar-refractivity contribution in [1.82, 2.24) is 0 Å². The summed E-state index contributed by atoms with van der Waals surface area (Å²) in [6.45, 7) is 2.20. The van der Waals surface area contributed by atoms with Gasteiger partial charge in [0.1, 0.15) is 6.54 Å². The van der Waals surface area contributed by atoms with Crippen LogP contribution in [0.25, 0.3) is 0 Å². The molecule has 1 aromatic rings. The Morgan fingerprint density at radius 2 is 1.08 bits per heavy atom. The van der Waals surface area contributed by atoms with Gasteiger partial charge in [0.2, 0.25) is 0 Å². The van der Waals surface area contributed by atoms with Crippen molar-refractivity contribution in [2.45, 2.75) is 120 Å². The molecule has 1 unspecified atom stereocenters. The zero-order valence-corrected chi connectivity index (χ0v) is 21.0. The Morgan fingerprint density at radius 1 is 0.641 bits per heavy atom. The van der Waals surface area contributed by atoms with Crippen LogP contribution in [-0.2, 0) is 6.54 Å². The number of unbranched alkanes of at least 4 members (excludes halogenated alkanes) is 9. The zero-order chi connectivity index (χ0) is 30.3. The Morgan fingerprint density at radius 3 is 1.54 bits per heavy atom. The number of aliphatic hydroxyl groups is 1. The van der Waals surface area contributed by atoms with Crippen molar-refractivity contribution < 1.29 is 66.7 Å². The molecule has 0 aliphatic rings. The standard InChI is InChI=1S/C24H31F13NO/c1-2-3-4-5-6-7-8-9-10-11-14-38-15-12-13-17(16-38)18(39)19(25,26)20(27,28)21(29,30)22(31,32)23(33,34)24(35,36)37/h12-13,15-16,18,39H,2-11,14H2,1H3/q+1. The Labute approximate surface area is 217 Å². The molecule has 1 N–H and O–H groups in total. The van der Waals surface area contributed by atoms with Gasteiger partial charge in [-0.15, -0.1) is 0 Å². The van der Waals surface area contributed by atoms with E-state index >= 15 is 0 Å². The number of hydrogen-bond acceptors (Lipinski definition) is 1. The van der Waals surface area contributed by atoms with Gasteiger partial charge in [0.15, 0.2) is 18.5 Å². The first-order chi connectivity index (χ1) is 17.7. The Bertz CT molecular complexity index is 887.